The maximum atomic E-state index is 13.1. The third-order valence-electron chi connectivity index (χ3n) is 3.89. The first-order valence-corrected chi connectivity index (χ1v) is 13.0. The van der Waals surface area contributed by atoms with Gasteiger partial charge in [-0.1, -0.05) is 0 Å². The summed E-state index contributed by atoms with van der Waals surface area (Å²) in [6.07, 6.45) is 1.28. The molecule has 3 nitrogen and oxygen atoms in total. The third-order valence-corrected chi connectivity index (χ3v) is 10.0. The van der Waals surface area contributed by atoms with Crippen LogP contribution in [-0.2, 0) is 9.84 Å². The minimum absolute atomic E-state index is 0.299. The molecule has 2 aromatic rings. The summed E-state index contributed by atoms with van der Waals surface area (Å²) in [4.78, 5) is 0.299. The van der Waals surface area contributed by atoms with Gasteiger partial charge in [0.15, 0.2) is 0 Å². The molecule has 0 aliphatic rings. The van der Waals surface area contributed by atoms with E-state index in [1.54, 1.807) is 42.5 Å². The van der Waals surface area contributed by atoms with Gasteiger partial charge >= 0.3 is 155 Å². The van der Waals surface area contributed by atoms with Gasteiger partial charge in [-0.2, -0.15) is 0 Å². The standard InChI is InChI=1S/C19H24O3STe/c1-2-3-14-24-15-18(19(20)16-10-6-4-7-11-16)23(21,22)17-12-8-5-9-13-17/h4-13,18-20H,2-3,14-15H2,1H3. The first-order valence-electron chi connectivity index (χ1n) is 8.17. The summed E-state index contributed by atoms with van der Waals surface area (Å²) < 4.78 is 27.9. The number of aliphatic hydroxyl groups is 1. The number of benzene rings is 2. The first-order chi connectivity index (χ1) is 11.6. The molecule has 0 bridgehead atoms. The number of hydrogen-bond donors (Lipinski definition) is 1. The van der Waals surface area contributed by atoms with Gasteiger partial charge in [0.1, 0.15) is 0 Å². The van der Waals surface area contributed by atoms with Gasteiger partial charge in [-0.05, 0) is 0 Å². The molecule has 24 heavy (non-hydrogen) atoms. The van der Waals surface area contributed by atoms with Crippen molar-refractivity contribution in [3.8, 4) is 0 Å². The summed E-state index contributed by atoms with van der Waals surface area (Å²) in [5.74, 6) is 0. The van der Waals surface area contributed by atoms with Crippen molar-refractivity contribution in [1.82, 2.24) is 0 Å². The van der Waals surface area contributed by atoms with Gasteiger partial charge in [-0.3, -0.25) is 0 Å². The van der Waals surface area contributed by atoms with E-state index in [1.165, 1.54) is 0 Å². The SMILES string of the molecule is CCCC[Te]CC(C(O)c1ccccc1)S(=O)(=O)c1ccccc1. The van der Waals surface area contributed by atoms with Gasteiger partial charge in [0.05, 0.1) is 0 Å². The van der Waals surface area contributed by atoms with Crippen LogP contribution in [0.3, 0.4) is 0 Å². The van der Waals surface area contributed by atoms with Crippen LogP contribution in [0.15, 0.2) is 65.6 Å². The van der Waals surface area contributed by atoms with E-state index in [4.69, 9.17) is 0 Å². The Morgan fingerprint density at radius 1 is 1.00 bits per heavy atom. The Morgan fingerprint density at radius 3 is 2.17 bits per heavy atom. The molecule has 0 aliphatic heterocycles. The van der Waals surface area contributed by atoms with Crippen molar-refractivity contribution in [2.75, 3.05) is 0 Å². The molecule has 2 atom stereocenters. The molecule has 2 unspecified atom stereocenters. The molecule has 2 aromatic carbocycles. The molecule has 0 amide bonds. The van der Waals surface area contributed by atoms with Crippen molar-refractivity contribution in [2.24, 2.45) is 0 Å². The van der Waals surface area contributed by atoms with Crippen molar-refractivity contribution in [2.45, 2.75) is 45.0 Å². The number of hydrogen-bond acceptors (Lipinski definition) is 3. The van der Waals surface area contributed by atoms with Crippen LogP contribution < -0.4 is 0 Å². The molecule has 0 saturated carbocycles. The zero-order valence-corrected chi connectivity index (χ0v) is 17.0. The van der Waals surface area contributed by atoms with Gasteiger partial charge in [0.2, 0.25) is 0 Å². The Morgan fingerprint density at radius 2 is 1.58 bits per heavy atom. The fraction of sp³-hybridized carbons (Fsp3) is 0.368. The van der Waals surface area contributed by atoms with E-state index in [-0.39, 0.29) is 0 Å². The van der Waals surface area contributed by atoms with Crippen LogP contribution in [0.25, 0.3) is 0 Å². The van der Waals surface area contributed by atoms with E-state index in [1.807, 2.05) is 18.2 Å². The normalized spacial score (nSPS) is 14.2. The summed E-state index contributed by atoms with van der Waals surface area (Å²) in [5, 5.41) is 10.0. The second-order valence-electron chi connectivity index (χ2n) is 5.68. The Balaban J connectivity index is 2.28. The van der Waals surface area contributed by atoms with E-state index in [0.717, 1.165) is 17.3 Å². The minimum atomic E-state index is -3.55. The van der Waals surface area contributed by atoms with Crippen molar-refractivity contribution in [3.05, 3.63) is 66.2 Å². The molecule has 0 radical (unpaired) electrons. The molecule has 0 spiro atoms. The van der Waals surface area contributed by atoms with Gasteiger partial charge in [0.25, 0.3) is 0 Å². The third kappa shape index (κ3) is 5.07. The van der Waals surface area contributed by atoms with Crippen LogP contribution in [0.5, 0.6) is 0 Å². The summed E-state index contributed by atoms with van der Waals surface area (Å²) in [6.45, 7) is 2.14. The Labute approximate surface area is 155 Å². The number of aliphatic hydroxyl groups excluding tert-OH is 1. The van der Waals surface area contributed by atoms with Gasteiger partial charge in [0, 0.05) is 0 Å². The molecular weight excluding hydrogens is 436 g/mol. The second-order valence-corrected chi connectivity index (χ2v) is 11.1. The fourth-order valence-corrected chi connectivity index (χ4v) is 9.25. The maximum absolute atomic E-state index is 13.1. The second kappa shape index (κ2) is 9.58. The van der Waals surface area contributed by atoms with Crippen LogP contribution in [0.4, 0.5) is 0 Å². The molecule has 1 N–H and O–H groups in total. The fourth-order valence-electron chi connectivity index (χ4n) is 2.45. The average Bonchev–Trinajstić information content (AvgIpc) is 2.62. The zero-order chi connectivity index (χ0) is 17.4. The van der Waals surface area contributed by atoms with Gasteiger partial charge < -0.3 is 0 Å². The summed E-state index contributed by atoms with van der Waals surface area (Å²) >= 11 is -0.434. The first kappa shape index (κ1) is 19.5. The van der Waals surface area contributed by atoms with Crippen molar-refractivity contribution < 1.29 is 13.5 Å². The molecule has 0 aliphatic carbocycles. The molecule has 0 aromatic heterocycles. The van der Waals surface area contributed by atoms with Crippen molar-refractivity contribution in [1.29, 1.82) is 0 Å². The quantitative estimate of drug-likeness (QED) is 0.457. The van der Waals surface area contributed by atoms with E-state index < -0.39 is 42.1 Å². The molecule has 0 fully saturated rings. The summed E-state index contributed by atoms with van der Waals surface area (Å²) in [6, 6.07) is 17.6. The van der Waals surface area contributed by atoms with Crippen LogP contribution >= 0.6 is 0 Å². The molecule has 5 heteroatoms. The van der Waals surface area contributed by atoms with Crippen LogP contribution in [0.1, 0.15) is 31.4 Å². The van der Waals surface area contributed by atoms with Crippen molar-refractivity contribution in [3.63, 3.8) is 0 Å². The van der Waals surface area contributed by atoms with Crippen LogP contribution in [0, 0.1) is 0 Å². The average molecular weight is 460 g/mol. The van der Waals surface area contributed by atoms with Gasteiger partial charge in [-0.25, -0.2) is 0 Å². The molecule has 2 rings (SSSR count). The predicted molar refractivity (Wildman–Crippen MR) is 99.1 cm³/mol. The van der Waals surface area contributed by atoms with Crippen LogP contribution in [-0.4, -0.2) is 39.7 Å². The van der Waals surface area contributed by atoms with Crippen LogP contribution in [0.2, 0.25) is 8.94 Å². The monoisotopic (exact) mass is 462 g/mol. The Kier molecular flexibility index (Phi) is 7.77. The molecule has 0 saturated heterocycles. The van der Waals surface area contributed by atoms with Gasteiger partial charge in [-0.15, -0.1) is 0 Å². The van der Waals surface area contributed by atoms with E-state index in [2.05, 4.69) is 6.92 Å². The van der Waals surface area contributed by atoms with E-state index in [0.29, 0.717) is 14.9 Å². The number of sulfone groups is 1. The Hall–Kier alpha value is -0.860. The topological polar surface area (TPSA) is 54.4 Å². The molecular formula is C19H24O3STe. The summed E-state index contributed by atoms with van der Waals surface area (Å²) in [7, 11) is -3.55. The number of rotatable bonds is 9. The zero-order valence-electron chi connectivity index (χ0n) is 13.8. The van der Waals surface area contributed by atoms with E-state index >= 15 is 0 Å². The number of unbranched alkanes of at least 4 members (excludes halogenated alkanes) is 1. The summed E-state index contributed by atoms with van der Waals surface area (Å²) in [5.41, 5.74) is 0.671. The molecule has 130 valence electrons. The van der Waals surface area contributed by atoms with E-state index in [9.17, 15) is 13.5 Å². The van der Waals surface area contributed by atoms with Crippen molar-refractivity contribution >= 4 is 30.8 Å². The molecule has 0 heterocycles. The Bertz CT molecular complexity index is 702. The predicted octanol–water partition coefficient (Wildman–Crippen LogP) is 3.90.